The van der Waals surface area contributed by atoms with Gasteiger partial charge in [0.1, 0.15) is 23.6 Å². The normalized spacial score (nSPS) is 22.4. The maximum absolute atomic E-state index is 14.4. The molecule has 10 nitrogen and oxygen atoms in total. The van der Waals surface area contributed by atoms with E-state index in [1.54, 1.807) is 12.0 Å². The highest BCUT2D eigenvalue weighted by Crippen LogP contribution is 2.37. The highest BCUT2D eigenvalue weighted by molar-refractivity contribution is 5.92. The lowest BCUT2D eigenvalue weighted by Gasteiger charge is -2.34. The van der Waals surface area contributed by atoms with Crippen molar-refractivity contribution in [3.8, 4) is 22.8 Å². The van der Waals surface area contributed by atoms with Crippen molar-refractivity contribution in [2.24, 2.45) is 5.92 Å². The Morgan fingerprint density at radius 3 is 2.36 bits per heavy atom. The van der Waals surface area contributed by atoms with E-state index in [4.69, 9.17) is 29.1 Å². The lowest BCUT2D eigenvalue weighted by molar-refractivity contribution is -0.192. The number of aliphatic carboxylic acids is 1. The number of nitrogens with zero attached hydrogens (tertiary/aromatic N) is 2. The van der Waals surface area contributed by atoms with Crippen LogP contribution in [0.4, 0.5) is 13.2 Å². The van der Waals surface area contributed by atoms with E-state index in [1.807, 2.05) is 42.5 Å². The first-order chi connectivity index (χ1) is 25.5. The molecule has 3 aromatic rings. The third-order valence-electron chi connectivity index (χ3n) is 10.1. The minimum atomic E-state index is -5.08. The standard InChI is InChI=1S/C38H47N3O5.C2HF3O2/c1-44-34-24-32-30-21-28(34)19-9-5-3-4-6-14-20-39-36(27-17-12-8-13-18-27)37(42)41-25-29(22-33(41)38(43)45-2)46-35(30)23-31(40-32)26-15-10-7-11-16-26;3-2(4,5)1(6)7/h7,9-11,15-16,19,21,23-24,27,29,33,36,39H,3-6,8,12-14,17-18,20,22,25H2,1-2H3;(H,6,7)/b19-9+;/t29?,33-,36-;/m0./s1. The highest BCUT2D eigenvalue weighted by Gasteiger charge is 2.45. The zero-order valence-corrected chi connectivity index (χ0v) is 30.2. The summed E-state index contributed by atoms with van der Waals surface area (Å²) >= 11 is 0. The number of fused-ring (bicyclic) bond motifs is 3. The van der Waals surface area contributed by atoms with Crippen LogP contribution in [-0.2, 0) is 19.1 Å². The number of benzene rings is 2. The Kier molecular flexibility index (Phi) is 13.7. The average molecular weight is 740 g/mol. The van der Waals surface area contributed by atoms with Crippen LogP contribution in [0.1, 0.15) is 76.2 Å². The second-order valence-corrected chi connectivity index (χ2v) is 13.7. The van der Waals surface area contributed by atoms with Crippen LogP contribution in [0, 0.1) is 5.92 Å². The van der Waals surface area contributed by atoms with Gasteiger partial charge in [0.05, 0.1) is 38.0 Å². The van der Waals surface area contributed by atoms with E-state index >= 15 is 0 Å². The number of ether oxygens (including phenoxy) is 3. The van der Waals surface area contributed by atoms with Crippen LogP contribution in [0.2, 0.25) is 0 Å². The quantitative estimate of drug-likeness (QED) is 0.261. The second kappa shape index (κ2) is 18.4. The molecule has 2 aromatic carbocycles. The number of methoxy groups -OCH3 is 2. The van der Waals surface area contributed by atoms with Gasteiger partial charge < -0.3 is 29.5 Å². The molecule has 0 radical (unpaired) electrons. The molecule has 2 N–H and O–H groups in total. The lowest BCUT2D eigenvalue weighted by Crippen LogP contribution is -2.54. The molecule has 3 heterocycles. The number of rotatable bonds is 4. The Morgan fingerprint density at radius 2 is 1.68 bits per heavy atom. The second-order valence-electron chi connectivity index (χ2n) is 13.7. The average Bonchev–Trinajstić information content (AvgIpc) is 3.58. The summed E-state index contributed by atoms with van der Waals surface area (Å²) < 4.78 is 49.6. The number of aromatic nitrogens is 1. The first kappa shape index (κ1) is 39.6. The first-order valence-electron chi connectivity index (χ1n) is 18.3. The third kappa shape index (κ3) is 10.3. The number of amides is 1. The summed E-state index contributed by atoms with van der Waals surface area (Å²) in [5.41, 5.74) is 3.47. The monoisotopic (exact) mass is 739 g/mol. The van der Waals surface area contributed by atoms with E-state index < -0.39 is 30.3 Å². The summed E-state index contributed by atoms with van der Waals surface area (Å²) in [5.74, 6) is -1.47. The van der Waals surface area contributed by atoms with Gasteiger partial charge in [0.2, 0.25) is 5.91 Å². The van der Waals surface area contributed by atoms with Crippen molar-refractivity contribution < 1.29 is 46.9 Å². The van der Waals surface area contributed by atoms with Gasteiger partial charge in [-0.2, -0.15) is 13.2 Å². The number of halogens is 3. The molecule has 53 heavy (non-hydrogen) atoms. The van der Waals surface area contributed by atoms with Crippen molar-refractivity contribution in [3.05, 3.63) is 60.2 Å². The van der Waals surface area contributed by atoms with Crippen LogP contribution < -0.4 is 14.8 Å². The lowest BCUT2D eigenvalue weighted by atomic mass is 9.83. The number of esters is 1. The van der Waals surface area contributed by atoms with Crippen molar-refractivity contribution in [1.29, 1.82) is 0 Å². The van der Waals surface area contributed by atoms with Crippen LogP contribution in [0.15, 0.2) is 54.6 Å². The molecular formula is C40H48F3N3O7. The van der Waals surface area contributed by atoms with Gasteiger partial charge in [-0.1, -0.05) is 74.6 Å². The van der Waals surface area contributed by atoms with Crippen LogP contribution in [0.5, 0.6) is 11.5 Å². The number of allylic oxidation sites excluding steroid dienone is 1. The summed E-state index contributed by atoms with van der Waals surface area (Å²) in [6.45, 7) is 1.11. The third-order valence-corrected chi connectivity index (χ3v) is 10.1. The van der Waals surface area contributed by atoms with Gasteiger partial charge in [-0.15, -0.1) is 0 Å². The van der Waals surface area contributed by atoms with Crippen LogP contribution in [-0.4, -0.2) is 84.5 Å². The maximum atomic E-state index is 14.4. The molecule has 6 rings (SSSR count). The molecule has 2 fully saturated rings. The summed E-state index contributed by atoms with van der Waals surface area (Å²) in [6.07, 6.45) is 10.1. The molecule has 1 aliphatic carbocycles. The van der Waals surface area contributed by atoms with Crippen LogP contribution >= 0.6 is 0 Å². The molecule has 3 aliphatic rings. The molecule has 286 valence electrons. The van der Waals surface area contributed by atoms with Crippen molar-refractivity contribution in [2.75, 3.05) is 27.3 Å². The molecule has 1 saturated heterocycles. The first-order valence-corrected chi connectivity index (χ1v) is 18.3. The number of hydrogen-bond acceptors (Lipinski definition) is 8. The van der Waals surface area contributed by atoms with E-state index in [-0.39, 0.29) is 17.9 Å². The van der Waals surface area contributed by atoms with Crippen LogP contribution in [0.3, 0.4) is 0 Å². The SMILES string of the molecule is COC(=O)[C@@H]1CC2CN1C(=O)[C@H](C1CCCCC1)NCCCCCC/C=C/c1cc3c(cc(-c4ccccc4)nc3cc1OC)O2.O=C(O)C(F)(F)F. The molecule has 1 aromatic heterocycles. The van der Waals surface area contributed by atoms with Gasteiger partial charge in [-0.05, 0) is 50.6 Å². The highest BCUT2D eigenvalue weighted by atomic mass is 19.4. The molecule has 3 atom stereocenters. The van der Waals surface area contributed by atoms with E-state index in [9.17, 15) is 22.8 Å². The smallest absolute Gasteiger partial charge is 0.490 e. The fourth-order valence-corrected chi connectivity index (χ4v) is 7.38. The zero-order valence-electron chi connectivity index (χ0n) is 30.2. The summed E-state index contributed by atoms with van der Waals surface area (Å²) in [5, 5.41) is 11.6. The number of hydrogen-bond donors (Lipinski definition) is 2. The van der Waals surface area contributed by atoms with Gasteiger partial charge in [-0.25, -0.2) is 14.6 Å². The Morgan fingerprint density at radius 1 is 0.981 bits per heavy atom. The fraction of sp³-hybridized carbons (Fsp3) is 0.500. The van der Waals surface area contributed by atoms with Crippen LogP contribution in [0.25, 0.3) is 28.2 Å². The predicted octanol–water partition coefficient (Wildman–Crippen LogP) is 7.58. The topological polar surface area (TPSA) is 127 Å². The summed E-state index contributed by atoms with van der Waals surface area (Å²) in [4.78, 5) is 43.2. The van der Waals surface area contributed by atoms with Crippen molar-refractivity contribution in [2.45, 2.75) is 95.0 Å². The summed E-state index contributed by atoms with van der Waals surface area (Å²) in [6, 6.07) is 15.0. The number of nitrogens with one attached hydrogen (secondary N) is 1. The Hall–Kier alpha value is -4.65. The van der Waals surface area contributed by atoms with Gasteiger partial charge in [0.15, 0.2) is 0 Å². The molecule has 1 unspecified atom stereocenters. The Bertz CT molecular complexity index is 1740. The number of carboxylic acid groups (broad SMARTS) is 1. The zero-order chi connectivity index (χ0) is 38.0. The van der Waals surface area contributed by atoms with Gasteiger partial charge in [0, 0.05) is 35.1 Å². The number of carboxylic acids is 1. The number of carbonyl (C=O) groups excluding carboxylic acids is 2. The molecule has 2 aliphatic heterocycles. The van der Waals surface area contributed by atoms with E-state index in [2.05, 4.69) is 23.5 Å². The molecule has 4 bridgehead atoms. The summed E-state index contributed by atoms with van der Waals surface area (Å²) in [7, 11) is 3.08. The minimum absolute atomic E-state index is 0.00731. The minimum Gasteiger partial charge on any atom is -0.496 e. The van der Waals surface area contributed by atoms with Gasteiger partial charge >= 0.3 is 18.1 Å². The molecular weight excluding hydrogens is 691 g/mol. The number of carbonyl (C=O) groups is 3. The van der Waals surface area contributed by atoms with E-state index in [0.717, 1.165) is 97.8 Å². The van der Waals surface area contributed by atoms with E-state index in [0.29, 0.717) is 18.7 Å². The van der Waals surface area contributed by atoms with Crippen molar-refractivity contribution >= 4 is 34.8 Å². The van der Waals surface area contributed by atoms with Gasteiger partial charge in [-0.3, -0.25) is 4.79 Å². The largest absolute Gasteiger partial charge is 0.496 e. The molecule has 0 spiro atoms. The fourth-order valence-electron chi connectivity index (χ4n) is 7.38. The number of alkyl halides is 3. The van der Waals surface area contributed by atoms with Crippen molar-refractivity contribution in [3.63, 3.8) is 0 Å². The maximum Gasteiger partial charge on any atom is 0.490 e. The molecule has 1 saturated carbocycles. The van der Waals surface area contributed by atoms with E-state index in [1.165, 1.54) is 13.5 Å². The number of pyridine rings is 1. The molecule has 13 heteroatoms. The van der Waals surface area contributed by atoms with Gasteiger partial charge in [0.25, 0.3) is 0 Å². The predicted molar refractivity (Wildman–Crippen MR) is 194 cm³/mol. The Labute approximate surface area is 307 Å². The Balaban J connectivity index is 0.000000705. The van der Waals surface area contributed by atoms with Crippen molar-refractivity contribution in [1.82, 2.24) is 15.2 Å². The molecule has 1 amide bonds.